The molecule has 2 heterocycles. The van der Waals surface area contributed by atoms with Gasteiger partial charge in [0.05, 0.1) is 49.2 Å². The zero-order chi connectivity index (χ0) is 41.0. The Balaban J connectivity index is 0.00000233. The molecule has 1 aliphatic rings. The molecule has 0 spiro atoms. The van der Waals surface area contributed by atoms with E-state index in [1.165, 1.54) is 19.8 Å². The van der Waals surface area contributed by atoms with E-state index in [0.29, 0.717) is 13.0 Å². The number of nitrogens with zero attached hydrogens (tertiary/aromatic N) is 3. The van der Waals surface area contributed by atoms with E-state index in [2.05, 4.69) is 55.2 Å². The number of ether oxygens (including phenoxy) is 2. The number of nitrogens with one attached hydrogen (secondary N) is 2. The lowest BCUT2D eigenvalue weighted by Gasteiger charge is -2.39. The van der Waals surface area contributed by atoms with Crippen LogP contribution in [-0.4, -0.2) is 135 Å². The molecule has 0 saturated carbocycles. The molecule has 1 fully saturated rings. The number of methoxy groups -OCH3 is 2. The van der Waals surface area contributed by atoms with E-state index in [-0.39, 0.29) is 54.6 Å². The van der Waals surface area contributed by atoms with E-state index in [1.54, 1.807) is 35.1 Å². The van der Waals surface area contributed by atoms with Crippen molar-refractivity contribution in [2.45, 2.75) is 118 Å². The highest BCUT2D eigenvalue weighted by Gasteiger charge is 2.42. The van der Waals surface area contributed by atoms with Crippen LogP contribution in [-0.2, 0) is 33.4 Å². The molecule has 0 radical (unpaired) electrons. The van der Waals surface area contributed by atoms with Crippen molar-refractivity contribution in [3.63, 3.8) is 0 Å². The van der Waals surface area contributed by atoms with Gasteiger partial charge in [-0.25, -0.2) is 0 Å². The quantitative estimate of drug-likeness (QED) is 0.195. The standard InChI is InChI=1S/C30H55N5O8.C5H6S.C4H10/c1-11-19(4)27(34(8)24(37)16-31-30(41)26(18(2)3)33(6)7)22(42-9)15-23(36)35-14-12-13-21(35)28(43-10)20(5)29(40)32-17-25(38)39;1-5-2-3-6-4-5;1-4(2)3/h18-22,26-28H,11-17H2,1-10H3,(H,31,41)(H,32,40)(H,38,39);2-4H,1H3;4H,1-3H3. The summed E-state index contributed by atoms with van der Waals surface area (Å²) in [5.41, 5.74) is 1.36. The Morgan fingerprint density at radius 1 is 0.962 bits per heavy atom. The van der Waals surface area contributed by atoms with Crippen LogP contribution >= 0.6 is 11.3 Å². The molecule has 1 aromatic rings. The van der Waals surface area contributed by atoms with E-state index in [0.717, 1.165) is 18.8 Å². The number of amides is 4. The maximum absolute atomic E-state index is 13.7. The molecule has 7 unspecified atom stereocenters. The molecule has 7 atom stereocenters. The van der Waals surface area contributed by atoms with Crippen LogP contribution in [0.5, 0.6) is 0 Å². The number of thiophene rings is 1. The van der Waals surface area contributed by atoms with Crippen LogP contribution in [0.3, 0.4) is 0 Å². The van der Waals surface area contributed by atoms with Crippen LogP contribution in [0.2, 0.25) is 0 Å². The minimum absolute atomic E-state index is 0.00774. The highest BCUT2D eigenvalue weighted by atomic mass is 32.1. The Bertz CT molecular complexity index is 1220. The third-order valence-electron chi connectivity index (χ3n) is 9.25. The van der Waals surface area contributed by atoms with Crippen LogP contribution in [0, 0.1) is 30.6 Å². The zero-order valence-electron chi connectivity index (χ0n) is 34.9. The summed E-state index contributed by atoms with van der Waals surface area (Å²) in [5, 5.41) is 18.3. The van der Waals surface area contributed by atoms with Crippen molar-refractivity contribution in [3.05, 3.63) is 22.4 Å². The Morgan fingerprint density at radius 3 is 1.96 bits per heavy atom. The molecular weight excluding hydrogens is 699 g/mol. The third-order valence-corrected chi connectivity index (χ3v) is 10.1. The monoisotopic (exact) mass is 770 g/mol. The Hall–Kier alpha value is -3.07. The highest BCUT2D eigenvalue weighted by molar-refractivity contribution is 7.07. The Kier molecular flexibility index (Phi) is 24.4. The third kappa shape index (κ3) is 17.7. The van der Waals surface area contributed by atoms with Gasteiger partial charge in [0.1, 0.15) is 6.54 Å². The molecule has 306 valence electrons. The molecule has 0 aromatic carbocycles. The molecule has 4 amide bonds. The first-order valence-corrected chi connectivity index (χ1v) is 19.7. The van der Waals surface area contributed by atoms with E-state index < -0.39 is 42.6 Å². The normalized spacial score (nSPS) is 17.4. The van der Waals surface area contributed by atoms with Crippen LogP contribution in [0.1, 0.15) is 86.6 Å². The van der Waals surface area contributed by atoms with E-state index in [9.17, 15) is 24.0 Å². The summed E-state index contributed by atoms with van der Waals surface area (Å²) < 4.78 is 11.5. The molecule has 1 saturated heterocycles. The van der Waals surface area contributed by atoms with Gasteiger partial charge in [0.15, 0.2) is 0 Å². The van der Waals surface area contributed by atoms with Crippen molar-refractivity contribution in [1.29, 1.82) is 0 Å². The minimum Gasteiger partial charge on any atom is -0.480 e. The smallest absolute Gasteiger partial charge is 0.322 e. The fourth-order valence-electron chi connectivity index (χ4n) is 6.51. The van der Waals surface area contributed by atoms with Crippen molar-refractivity contribution in [2.75, 3.05) is 55.0 Å². The molecule has 53 heavy (non-hydrogen) atoms. The maximum atomic E-state index is 13.7. The van der Waals surface area contributed by atoms with Gasteiger partial charge in [0, 0.05) is 27.8 Å². The number of aliphatic carboxylic acids is 1. The van der Waals surface area contributed by atoms with Gasteiger partial charge in [-0.15, -0.1) is 0 Å². The van der Waals surface area contributed by atoms with Gasteiger partial charge in [-0.3, -0.25) is 28.9 Å². The summed E-state index contributed by atoms with van der Waals surface area (Å²) in [7, 11) is 8.32. The second kappa shape index (κ2) is 25.9. The van der Waals surface area contributed by atoms with E-state index in [1.807, 2.05) is 46.7 Å². The predicted molar refractivity (Wildman–Crippen MR) is 212 cm³/mol. The summed E-state index contributed by atoms with van der Waals surface area (Å²) in [6, 6.07) is 0.925. The van der Waals surface area contributed by atoms with Crippen LogP contribution in [0.4, 0.5) is 0 Å². The number of carbonyl (C=O) groups is 5. The second-order valence-corrected chi connectivity index (χ2v) is 15.9. The maximum Gasteiger partial charge on any atom is 0.322 e. The summed E-state index contributed by atoms with van der Waals surface area (Å²) in [5.74, 6) is -2.09. The lowest BCUT2D eigenvalue weighted by molar-refractivity contribution is -0.146. The number of rotatable bonds is 18. The molecule has 14 heteroatoms. The molecular formula is C39H71N5O8S. The molecule has 0 aliphatic carbocycles. The summed E-state index contributed by atoms with van der Waals surface area (Å²) in [6.45, 7) is 18.0. The first-order valence-electron chi connectivity index (χ1n) is 18.8. The number of likely N-dealkylation sites (tertiary alicyclic amines) is 1. The Labute approximate surface area is 323 Å². The average molecular weight is 770 g/mol. The number of aryl methyl sites for hydroxylation is 1. The largest absolute Gasteiger partial charge is 0.480 e. The number of hydrogen-bond donors (Lipinski definition) is 3. The fourth-order valence-corrected chi connectivity index (χ4v) is 7.17. The van der Waals surface area contributed by atoms with Crippen LogP contribution < -0.4 is 10.6 Å². The van der Waals surface area contributed by atoms with Gasteiger partial charge in [-0.2, -0.15) is 11.3 Å². The summed E-state index contributed by atoms with van der Waals surface area (Å²) in [6.07, 6.45) is 0.870. The lowest BCUT2D eigenvalue weighted by atomic mass is 9.90. The highest BCUT2D eigenvalue weighted by Crippen LogP contribution is 2.29. The SMILES string of the molecule is CC(C)C.CCC(C)C(C(CC(=O)N1CCCC1C(OC)C(C)C(=O)NCC(=O)O)OC)N(C)C(=O)CNC(=O)C(C(C)C)N(C)C.Cc1ccsc1. The van der Waals surface area contributed by atoms with Gasteiger partial charge in [0.25, 0.3) is 0 Å². The van der Waals surface area contributed by atoms with Gasteiger partial charge in [-0.05, 0) is 74.0 Å². The first kappa shape index (κ1) is 49.9. The van der Waals surface area contributed by atoms with Gasteiger partial charge < -0.3 is 35.0 Å². The van der Waals surface area contributed by atoms with Crippen molar-refractivity contribution in [1.82, 2.24) is 25.3 Å². The summed E-state index contributed by atoms with van der Waals surface area (Å²) in [4.78, 5) is 68.4. The van der Waals surface area contributed by atoms with Gasteiger partial charge in [0.2, 0.25) is 23.6 Å². The first-order chi connectivity index (χ1) is 24.7. The second-order valence-electron chi connectivity index (χ2n) is 15.2. The number of carbonyl (C=O) groups excluding carboxylic acids is 4. The molecule has 1 aromatic heterocycles. The van der Waals surface area contributed by atoms with Crippen molar-refractivity contribution >= 4 is 40.9 Å². The molecule has 13 nitrogen and oxygen atoms in total. The molecule has 0 bridgehead atoms. The molecule has 3 N–H and O–H groups in total. The van der Waals surface area contributed by atoms with Crippen molar-refractivity contribution < 1.29 is 38.6 Å². The molecule has 2 rings (SSSR count). The minimum atomic E-state index is -1.15. The topological polar surface area (TPSA) is 158 Å². The van der Waals surface area contributed by atoms with Crippen molar-refractivity contribution in [2.24, 2.45) is 23.7 Å². The van der Waals surface area contributed by atoms with E-state index in [4.69, 9.17) is 14.6 Å². The number of carboxylic acid groups (broad SMARTS) is 1. The van der Waals surface area contributed by atoms with Crippen molar-refractivity contribution in [3.8, 4) is 0 Å². The predicted octanol–water partition coefficient (Wildman–Crippen LogP) is 4.53. The molecule has 1 aliphatic heterocycles. The lowest BCUT2D eigenvalue weighted by Crippen LogP contribution is -2.55. The van der Waals surface area contributed by atoms with E-state index >= 15 is 0 Å². The fraction of sp³-hybridized carbons (Fsp3) is 0.769. The average Bonchev–Trinajstić information content (AvgIpc) is 3.77. The Morgan fingerprint density at radius 2 is 1.55 bits per heavy atom. The van der Waals surface area contributed by atoms with Gasteiger partial charge in [-0.1, -0.05) is 61.8 Å². The van der Waals surface area contributed by atoms with Crippen LogP contribution in [0.15, 0.2) is 16.8 Å². The zero-order valence-corrected chi connectivity index (χ0v) is 35.7. The number of carboxylic acids is 1. The number of hydrogen-bond acceptors (Lipinski definition) is 9. The van der Waals surface area contributed by atoms with Gasteiger partial charge >= 0.3 is 5.97 Å². The summed E-state index contributed by atoms with van der Waals surface area (Å²) >= 11 is 1.74. The van der Waals surface area contributed by atoms with Crippen LogP contribution in [0.25, 0.3) is 0 Å². The number of likely N-dealkylation sites (N-methyl/N-ethyl adjacent to an activating group) is 2.